The molecule has 1 aliphatic rings. The number of amides is 1. The lowest BCUT2D eigenvalue weighted by molar-refractivity contribution is -0.128. The molecule has 0 radical (unpaired) electrons. The second-order valence-electron chi connectivity index (χ2n) is 5.33. The molecule has 4 N–H and O–H groups in total. The predicted molar refractivity (Wildman–Crippen MR) is 77.7 cm³/mol. The molecule has 1 saturated carbocycles. The first-order valence-electron chi connectivity index (χ1n) is 6.90. The van der Waals surface area contributed by atoms with Crippen molar-refractivity contribution in [2.24, 2.45) is 11.1 Å². The fourth-order valence-electron chi connectivity index (χ4n) is 2.67. The third kappa shape index (κ3) is 2.95. The zero-order chi connectivity index (χ0) is 14.6. The number of rotatable bonds is 4. The summed E-state index contributed by atoms with van der Waals surface area (Å²) in [7, 11) is 0. The van der Waals surface area contributed by atoms with Crippen LogP contribution in [0.25, 0.3) is 0 Å². The highest BCUT2D eigenvalue weighted by Crippen LogP contribution is 2.36. The molecule has 0 spiro atoms. The maximum Gasteiger partial charge on any atom is 0.233 e. The molecular formula is C12H20N6OS. The van der Waals surface area contributed by atoms with Crippen molar-refractivity contribution in [3.05, 3.63) is 5.82 Å². The molecule has 0 aromatic carbocycles. The van der Waals surface area contributed by atoms with E-state index in [-0.39, 0.29) is 16.9 Å². The van der Waals surface area contributed by atoms with Crippen LogP contribution in [0.3, 0.4) is 0 Å². The minimum absolute atomic E-state index is 0.121. The zero-order valence-corrected chi connectivity index (χ0v) is 12.4. The normalized spacial score (nSPS) is 19.9. The van der Waals surface area contributed by atoms with Crippen LogP contribution < -0.4 is 11.1 Å². The lowest BCUT2D eigenvalue weighted by Crippen LogP contribution is -2.49. The second kappa shape index (κ2) is 6.25. The van der Waals surface area contributed by atoms with Crippen molar-refractivity contribution in [2.75, 3.05) is 0 Å². The highest BCUT2D eigenvalue weighted by Gasteiger charge is 2.42. The fraction of sp³-hybridized carbons (Fsp3) is 0.750. The Kier molecular flexibility index (Phi) is 4.64. The summed E-state index contributed by atoms with van der Waals surface area (Å²) in [4.78, 5) is 12.9. The molecule has 1 aromatic heterocycles. The highest BCUT2D eigenvalue weighted by molar-refractivity contribution is 7.80. The molecule has 20 heavy (non-hydrogen) atoms. The topological polar surface area (TPSA) is 110 Å². The van der Waals surface area contributed by atoms with Gasteiger partial charge in [0, 0.05) is 0 Å². The van der Waals surface area contributed by atoms with Crippen LogP contribution in [0.2, 0.25) is 0 Å². The maximum atomic E-state index is 12.7. The number of hydrogen-bond acceptors (Lipinski definition) is 5. The summed E-state index contributed by atoms with van der Waals surface area (Å²) in [5.74, 6) is 0.328. The first-order chi connectivity index (χ1) is 9.56. The van der Waals surface area contributed by atoms with Crippen LogP contribution in [0.5, 0.6) is 0 Å². The van der Waals surface area contributed by atoms with Gasteiger partial charge < -0.3 is 11.1 Å². The summed E-state index contributed by atoms with van der Waals surface area (Å²) in [5, 5.41) is 16.5. The van der Waals surface area contributed by atoms with Gasteiger partial charge in [0.25, 0.3) is 0 Å². The van der Waals surface area contributed by atoms with E-state index in [2.05, 4.69) is 25.9 Å². The number of hydrogen-bond donors (Lipinski definition) is 3. The van der Waals surface area contributed by atoms with Gasteiger partial charge in [-0.1, -0.05) is 43.1 Å². The number of carbonyl (C=O) groups is 1. The Bertz CT molecular complexity index is 466. The zero-order valence-electron chi connectivity index (χ0n) is 11.6. The maximum absolute atomic E-state index is 12.7. The average molecular weight is 296 g/mol. The van der Waals surface area contributed by atoms with Gasteiger partial charge in [-0.2, -0.15) is 5.21 Å². The van der Waals surface area contributed by atoms with Crippen molar-refractivity contribution in [1.82, 2.24) is 25.9 Å². The van der Waals surface area contributed by atoms with Gasteiger partial charge in [0.2, 0.25) is 5.91 Å². The quantitative estimate of drug-likeness (QED) is 0.565. The summed E-state index contributed by atoms with van der Waals surface area (Å²) < 4.78 is 0. The smallest absolute Gasteiger partial charge is 0.233 e. The Morgan fingerprint density at radius 2 is 2.05 bits per heavy atom. The Morgan fingerprint density at radius 1 is 1.40 bits per heavy atom. The number of nitrogens with two attached hydrogens (primary N) is 1. The van der Waals surface area contributed by atoms with Gasteiger partial charge >= 0.3 is 0 Å². The molecule has 1 fully saturated rings. The van der Waals surface area contributed by atoms with Gasteiger partial charge in [-0.25, -0.2) is 0 Å². The lowest BCUT2D eigenvalue weighted by atomic mass is 9.79. The molecule has 1 atom stereocenters. The SMILES string of the molecule is CC(NC(=O)C1(C(N)=S)CCCCCC1)c1nn[nH]n1. The van der Waals surface area contributed by atoms with Gasteiger partial charge in [0.15, 0.2) is 5.82 Å². The van der Waals surface area contributed by atoms with E-state index in [1.165, 1.54) is 0 Å². The van der Waals surface area contributed by atoms with E-state index >= 15 is 0 Å². The summed E-state index contributed by atoms with van der Waals surface area (Å²) in [5.41, 5.74) is 5.16. The third-order valence-electron chi connectivity index (χ3n) is 3.96. The molecule has 110 valence electrons. The summed E-state index contributed by atoms with van der Waals surface area (Å²) in [6.07, 6.45) is 5.62. The van der Waals surface area contributed by atoms with Crippen molar-refractivity contribution >= 4 is 23.1 Å². The molecule has 1 heterocycles. The molecule has 8 heteroatoms. The highest BCUT2D eigenvalue weighted by atomic mass is 32.1. The third-order valence-corrected chi connectivity index (χ3v) is 4.35. The van der Waals surface area contributed by atoms with E-state index in [1.807, 2.05) is 6.92 Å². The number of thiocarbonyl (C=S) groups is 1. The van der Waals surface area contributed by atoms with Crippen LogP contribution in [0.4, 0.5) is 0 Å². The Balaban J connectivity index is 2.12. The van der Waals surface area contributed by atoms with Gasteiger partial charge in [0.1, 0.15) is 0 Å². The molecule has 0 bridgehead atoms. The number of tetrazole rings is 1. The minimum Gasteiger partial charge on any atom is -0.392 e. The van der Waals surface area contributed by atoms with Crippen LogP contribution in [-0.4, -0.2) is 31.5 Å². The van der Waals surface area contributed by atoms with Crippen LogP contribution >= 0.6 is 12.2 Å². The summed E-state index contributed by atoms with van der Waals surface area (Å²) in [6.45, 7) is 1.81. The summed E-state index contributed by atoms with van der Waals surface area (Å²) in [6, 6.07) is -0.323. The minimum atomic E-state index is -0.732. The van der Waals surface area contributed by atoms with Crippen LogP contribution in [-0.2, 0) is 4.79 Å². The molecular weight excluding hydrogens is 276 g/mol. The van der Waals surface area contributed by atoms with Crippen LogP contribution in [0.15, 0.2) is 0 Å². The van der Waals surface area contributed by atoms with E-state index in [9.17, 15) is 4.79 Å². The van der Waals surface area contributed by atoms with E-state index in [4.69, 9.17) is 18.0 Å². The molecule has 1 amide bonds. The molecule has 7 nitrogen and oxygen atoms in total. The number of aromatic nitrogens is 4. The lowest BCUT2D eigenvalue weighted by Gasteiger charge is -2.31. The van der Waals surface area contributed by atoms with Gasteiger partial charge in [-0.15, -0.1) is 10.2 Å². The first kappa shape index (κ1) is 14.8. The van der Waals surface area contributed by atoms with Crippen molar-refractivity contribution in [3.63, 3.8) is 0 Å². The largest absolute Gasteiger partial charge is 0.392 e. The molecule has 0 aliphatic heterocycles. The number of nitrogens with zero attached hydrogens (tertiary/aromatic N) is 3. The number of carbonyl (C=O) groups excluding carboxylic acids is 1. The van der Waals surface area contributed by atoms with E-state index in [0.717, 1.165) is 25.7 Å². The Hall–Kier alpha value is -1.57. The molecule has 1 unspecified atom stereocenters. The molecule has 0 saturated heterocycles. The molecule has 1 aliphatic carbocycles. The standard InChI is InChI=1S/C12H20N6OS/c1-8(9-15-17-18-16-9)14-11(19)12(10(13)20)6-4-2-3-5-7-12/h8H,2-7H2,1H3,(H2,13,20)(H,14,19)(H,15,16,17,18). The van der Waals surface area contributed by atoms with Gasteiger partial charge in [0.05, 0.1) is 16.4 Å². The summed E-state index contributed by atoms with van der Waals surface area (Å²) >= 11 is 5.18. The Morgan fingerprint density at radius 3 is 2.55 bits per heavy atom. The van der Waals surface area contributed by atoms with Crippen molar-refractivity contribution in [3.8, 4) is 0 Å². The van der Waals surface area contributed by atoms with E-state index in [0.29, 0.717) is 18.7 Å². The van der Waals surface area contributed by atoms with Gasteiger partial charge in [-0.05, 0) is 19.8 Å². The molecule has 2 rings (SSSR count). The second-order valence-corrected chi connectivity index (χ2v) is 5.77. The van der Waals surface area contributed by atoms with Crippen molar-refractivity contribution < 1.29 is 4.79 Å². The fourth-order valence-corrected chi connectivity index (χ4v) is 2.97. The van der Waals surface area contributed by atoms with E-state index in [1.54, 1.807) is 0 Å². The van der Waals surface area contributed by atoms with Crippen LogP contribution in [0.1, 0.15) is 57.3 Å². The molecule has 1 aromatic rings. The number of aromatic amines is 1. The van der Waals surface area contributed by atoms with E-state index < -0.39 is 5.41 Å². The first-order valence-corrected chi connectivity index (χ1v) is 7.31. The predicted octanol–water partition coefficient (Wildman–Crippen LogP) is 1.00. The number of nitrogens with one attached hydrogen (secondary N) is 2. The van der Waals surface area contributed by atoms with Crippen molar-refractivity contribution in [2.45, 2.75) is 51.5 Å². The van der Waals surface area contributed by atoms with Crippen LogP contribution in [0, 0.1) is 5.41 Å². The Labute approximate surface area is 123 Å². The number of H-pyrrole nitrogens is 1. The van der Waals surface area contributed by atoms with Crippen molar-refractivity contribution in [1.29, 1.82) is 0 Å². The monoisotopic (exact) mass is 296 g/mol. The van der Waals surface area contributed by atoms with Gasteiger partial charge in [-0.3, -0.25) is 4.79 Å². The average Bonchev–Trinajstić information content (AvgIpc) is 2.82.